The van der Waals surface area contributed by atoms with E-state index in [1.54, 1.807) is 4.90 Å². The number of aromatic carboxylic acids is 1. The molecule has 1 aliphatic rings. The van der Waals surface area contributed by atoms with Gasteiger partial charge < -0.3 is 25.5 Å². The van der Waals surface area contributed by atoms with Crippen molar-refractivity contribution in [3.8, 4) is 5.75 Å². The lowest BCUT2D eigenvalue weighted by Crippen LogP contribution is -2.47. The molecule has 7 heteroatoms. The molecule has 0 saturated heterocycles. The zero-order chi connectivity index (χ0) is 15.4. The van der Waals surface area contributed by atoms with Crippen LogP contribution in [-0.2, 0) is 0 Å². The van der Waals surface area contributed by atoms with E-state index in [0.29, 0.717) is 5.69 Å². The van der Waals surface area contributed by atoms with Gasteiger partial charge in [-0.2, -0.15) is 0 Å². The van der Waals surface area contributed by atoms with Crippen molar-refractivity contribution < 1.29 is 24.9 Å². The average molecular weight is 294 g/mol. The summed E-state index contributed by atoms with van der Waals surface area (Å²) in [5.74, 6) is -1.64. The second-order valence-electron chi connectivity index (χ2n) is 4.97. The Morgan fingerprint density at radius 1 is 1.33 bits per heavy atom. The first kappa shape index (κ1) is 15.1. The molecule has 0 spiro atoms. The van der Waals surface area contributed by atoms with E-state index < -0.39 is 11.7 Å². The number of carboxylic acid groups (broad SMARTS) is 1. The third kappa shape index (κ3) is 3.43. The molecule has 0 aromatic heterocycles. The second-order valence-corrected chi connectivity index (χ2v) is 4.97. The van der Waals surface area contributed by atoms with E-state index in [2.05, 4.69) is 5.32 Å². The first-order valence-corrected chi connectivity index (χ1v) is 6.77. The van der Waals surface area contributed by atoms with Gasteiger partial charge in [0.2, 0.25) is 0 Å². The Kier molecular flexibility index (Phi) is 4.64. The highest BCUT2D eigenvalue weighted by Gasteiger charge is 2.28. The molecular formula is C14H18N2O5. The molecule has 0 aliphatic heterocycles. The molecule has 2 rings (SSSR count). The molecule has 1 saturated carbocycles. The number of carboxylic acids is 1. The molecule has 0 bridgehead atoms. The highest BCUT2D eigenvalue weighted by molar-refractivity contribution is 5.94. The minimum atomic E-state index is -1.23. The van der Waals surface area contributed by atoms with Crippen LogP contribution in [0.1, 0.15) is 29.6 Å². The van der Waals surface area contributed by atoms with Gasteiger partial charge in [0.1, 0.15) is 11.3 Å². The van der Waals surface area contributed by atoms with Crippen molar-refractivity contribution >= 4 is 17.7 Å². The molecule has 1 aromatic rings. The summed E-state index contributed by atoms with van der Waals surface area (Å²) in [4.78, 5) is 24.5. The molecule has 0 heterocycles. The summed E-state index contributed by atoms with van der Waals surface area (Å²) in [5.41, 5.74) is 0.0870. The standard InChI is InChI=1S/C14H18N2O5/c17-7-6-16(10-2-1-3-10)14(21)15-9-4-5-11(13(19)20)12(18)8-9/h4-5,8,10,17-18H,1-3,6-7H2,(H,15,21)(H,19,20). The van der Waals surface area contributed by atoms with E-state index in [1.165, 1.54) is 18.2 Å². The minimum absolute atomic E-state index is 0.118. The summed E-state index contributed by atoms with van der Waals surface area (Å²) in [6.45, 7) is 0.128. The van der Waals surface area contributed by atoms with Crippen LogP contribution >= 0.6 is 0 Å². The Morgan fingerprint density at radius 3 is 2.52 bits per heavy atom. The number of benzene rings is 1. The molecule has 114 valence electrons. The van der Waals surface area contributed by atoms with E-state index in [9.17, 15) is 14.7 Å². The number of aromatic hydroxyl groups is 1. The van der Waals surface area contributed by atoms with E-state index in [-0.39, 0.29) is 30.8 Å². The van der Waals surface area contributed by atoms with Crippen molar-refractivity contribution in [2.75, 3.05) is 18.5 Å². The van der Waals surface area contributed by atoms with Crippen LogP contribution in [0.15, 0.2) is 18.2 Å². The quantitative estimate of drug-likeness (QED) is 0.657. The van der Waals surface area contributed by atoms with Gasteiger partial charge in [0.15, 0.2) is 0 Å². The summed E-state index contributed by atoms with van der Waals surface area (Å²) in [6.07, 6.45) is 2.89. The number of amides is 2. The molecule has 21 heavy (non-hydrogen) atoms. The van der Waals surface area contributed by atoms with E-state index in [1.807, 2.05) is 0 Å². The number of aliphatic hydroxyl groups is 1. The summed E-state index contributed by atoms with van der Waals surface area (Å²) < 4.78 is 0. The van der Waals surface area contributed by atoms with Crippen molar-refractivity contribution in [2.45, 2.75) is 25.3 Å². The number of hydrogen-bond acceptors (Lipinski definition) is 4. The first-order valence-electron chi connectivity index (χ1n) is 6.77. The maximum absolute atomic E-state index is 12.2. The van der Waals surface area contributed by atoms with Crippen LogP contribution in [-0.4, -0.2) is 51.4 Å². The molecular weight excluding hydrogens is 276 g/mol. The van der Waals surface area contributed by atoms with E-state index in [0.717, 1.165) is 19.3 Å². The maximum Gasteiger partial charge on any atom is 0.339 e. The SMILES string of the molecule is O=C(O)c1ccc(NC(=O)N(CCO)C2CCC2)cc1O. The molecule has 7 nitrogen and oxygen atoms in total. The predicted molar refractivity (Wildman–Crippen MR) is 75.5 cm³/mol. The van der Waals surface area contributed by atoms with Crippen LogP contribution in [0.25, 0.3) is 0 Å². The number of rotatable bonds is 5. The van der Waals surface area contributed by atoms with Crippen molar-refractivity contribution in [2.24, 2.45) is 0 Å². The monoisotopic (exact) mass is 294 g/mol. The van der Waals surface area contributed by atoms with Gasteiger partial charge in [-0.25, -0.2) is 9.59 Å². The highest BCUT2D eigenvalue weighted by atomic mass is 16.4. The number of anilines is 1. The Labute approximate surface area is 121 Å². The number of nitrogens with one attached hydrogen (secondary N) is 1. The molecule has 1 fully saturated rings. The average Bonchev–Trinajstić information content (AvgIpc) is 2.35. The summed E-state index contributed by atoms with van der Waals surface area (Å²) >= 11 is 0. The normalized spacial score (nSPS) is 14.3. The predicted octanol–water partition coefficient (Wildman–Crippen LogP) is 1.47. The Balaban J connectivity index is 2.07. The topological polar surface area (TPSA) is 110 Å². The number of phenols is 1. The van der Waals surface area contributed by atoms with Gasteiger partial charge in [0.05, 0.1) is 6.61 Å². The maximum atomic E-state index is 12.2. The smallest absolute Gasteiger partial charge is 0.339 e. The summed E-state index contributed by atoms with van der Waals surface area (Å²) in [6, 6.07) is 3.60. The van der Waals surface area contributed by atoms with Gasteiger partial charge >= 0.3 is 12.0 Å². The van der Waals surface area contributed by atoms with Gasteiger partial charge in [-0.3, -0.25) is 0 Å². The largest absolute Gasteiger partial charge is 0.507 e. The van der Waals surface area contributed by atoms with Crippen molar-refractivity contribution in [1.82, 2.24) is 4.90 Å². The molecule has 1 aliphatic carbocycles. The summed E-state index contributed by atoms with van der Waals surface area (Å²) in [5, 5.41) is 30.1. The fraction of sp³-hybridized carbons (Fsp3) is 0.429. The van der Waals surface area contributed by atoms with Crippen molar-refractivity contribution in [3.63, 3.8) is 0 Å². The van der Waals surface area contributed by atoms with E-state index >= 15 is 0 Å². The second kappa shape index (κ2) is 6.45. The Hall–Kier alpha value is -2.28. The first-order chi connectivity index (χ1) is 10.0. The minimum Gasteiger partial charge on any atom is -0.507 e. The zero-order valence-electron chi connectivity index (χ0n) is 11.5. The third-order valence-corrected chi connectivity index (χ3v) is 3.60. The van der Waals surface area contributed by atoms with Gasteiger partial charge in [-0.15, -0.1) is 0 Å². The van der Waals surface area contributed by atoms with Crippen LogP contribution in [0, 0.1) is 0 Å². The van der Waals surface area contributed by atoms with Crippen molar-refractivity contribution in [1.29, 1.82) is 0 Å². The molecule has 2 amide bonds. The molecule has 0 radical (unpaired) electrons. The van der Waals surface area contributed by atoms with Crippen LogP contribution in [0.3, 0.4) is 0 Å². The van der Waals surface area contributed by atoms with Crippen LogP contribution in [0.2, 0.25) is 0 Å². The number of nitrogens with zero attached hydrogens (tertiary/aromatic N) is 1. The van der Waals surface area contributed by atoms with Gasteiger partial charge in [0.25, 0.3) is 0 Å². The lowest BCUT2D eigenvalue weighted by Gasteiger charge is -2.37. The number of carbonyl (C=O) groups is 2. The fourth-order valence-electron chi connectivity index (χ4n) is 2.24. The van der Waals surface area contributed by atoms with Crippen LogP contribution in [0.5, 0.6) is 5.75 Å². The summed E-state index contributed by atoms with van der Waals surface area (Å²) in [7, 11) is 0. The number of urea groups is 1. The zero-order valence-corrected chi connectivity index (χ0v) is 11.5. The Morgan fingerprint density at radius 2 is 2.05 bits per heavy atom. The third-order valence-electron chi connectivity index (χ3n) is 3.60. The van der Waals surface area contributed by atoms with Crippen molar-refractivity contribution in [3.05, 3.63) is 23.8 Å². The van der Waals surface area contributed by atoms with Crippen LogP contribution in [0.4, 0.5) is 10.5 Å². The lowest BCUT2D eigenvalue weighted by molar-refractivity contribution is 0.0693. The van der Waals surface area contributed by atoms with Crippen LogP contribution < -0.4 is 5.32 Å². The molecule has 1 aromatic carbocycles. The fourth-order valence-corrected chi connectivity index (χ4v) is 2.24. The number of hydrogen-bond donors (Lipinski definition) is 4. The Bertz CT molecular complexity index is 542. The molecule has 0 atom stereocenters. The van der Waals surface area contributed by atoms with E-state index in [4.69, 9.17) is 10.2 Å². The molecule has 0 unspecified atom stereocenters. The highest BCUT2D eigenvalue weighted by Crippen LogP contribution is 2.26. The molecule has 4 N–H and O–H groups in total. The van der Waals surface area contributed by atoms with Gasteiger partial charge in [-0.1, -0.05) is 0 Å². The van der Waals surface area contributed by atoms with Gasteiger partial charge in [-0.05, 0) is 31.4 Å². The number of carbonyl (C=O) groups excluding carboxylic acids is 1. The number of aliphatic hydroxyl groups excluding tert-OH is 1. The lowest BCUT2D eigenvalue weighted by atomic mass is 9.92. The van der Waals surface area contributed by atoms with Gasteiger partial charge in [0, 0.05) is 24.3 Å².